The molecule has 0 aromatic carbocycles. The van der Waals surface area contributed by atoms with Crippen molar-refractivity contribution in [1.82, 2.24) is 10.2 Å². The molecule has 0 aromatic rings. The maximum atomic E-state index is 12.2. The third kappa shape index (κ3) is 2.46. The van der Waals surface area contributed by atoms with Crippen LogP contribution in [-0.2, 0) is 9.53 Å². The number of morpholine rings is 1. The molecule has 5 heteroatoms. The number of amides is 1. The van der Waals surface area contributed by atoms with Gasteiger partial charge in [-0.3, -0.25) is 10.1 Å². The first kappa shape index (κ1) is 11.2. The van der Waals surface area contributed by atoms with E-state index in [0.29, 0.717) is 6.61 Å². The monoisotopic (exact) mass is 230 g/mol. The number of ether oxygens (including phenoxy) is 1. The summed E-state index contributed by atoms with van der Waals surface area (Å²) in [7, 11) is 0. The van der Waals surface area contributed by atoms with E-state index in [-0.39, 0.29) is 24.1 Å². The zero-order chi connectivity index (χ0) is 10.8. The van der Waals surface area contributed by atoms with Crippen LogP contribution >= 0.6 is 11.8 Å². The summed E-state index contributed by atoms with van der Waals surface area (Å²) in [5.74, 6) is 2.03. The number of carbonyl (C=O) groups excluding carboxylic acids is 1. The van der Waals surface area contributed by atoms with Crippen molar-refractivity contribution >= 4 is 17.7 Å². The predicted octanol–water partition coefficient (Wildman–Crippen LogP) is 0.285. The largest absolute Gasteiger partial charge is 0.375 e. The van der Waals surface area contributed by atoms with Crippen LogP contribution in [0.25, 0.3) is 0 Å². The molecule has 2 fully saturated rings. The van der Waals surface area contributed by atoms with Crippen molar-refractivity contribution < 1.29 is 9.53 Å². The zero-order valence-corrected chi connectivity index (χ0v) is 10.0. The van der Waals surface area contributed by atoms with Gasteiger partial charge in [0.05, 0.1) is 24.8 Å². The van der Waals surface area contributed by atoms with Gasteiger partial charge in [0.25, 0.3) is 0 Å². The minimum atomic E-state index is 0.0164. The molecule has 2 aliphatic rings. The average molecular weight is 230 g/mol. The molecule has 3 unspecified atom stereocenters. The smallest absolute Gasteiger partial charge is 0.240 e. The van der Waals surface area contributed by atoms with Gasteiger partial charge in [0.2, 0.25) is 5.91 Å². The van der Waals surface area contributed by atoms with Crippen molar-refractivity contribution in [1.29, 1.82) is 0 Å². The highest BCUT2D eigenvalue weighted by molar-refractivity contribution is 7.99. The number of hydrogen-bond donors (Lipinski definition) is 1. The van der Waals surface area contributed by atoms with Crippen LogP contribution < -0.4 is 5.32 Å². The summed E-state index contributed by atoms with van der Waals surface area (Å²) in [6.07, 6.45) is 0.166. The molecule has 0 bridgehead atoms. The number of nitrogens with one attached hydrogen (secondary N) is 1. The van der Waals surface area contributed by atoms with Crippen molar-refractivity contribution in [2.24, 2.45) is 0 Å². The number of hydrogen-bond acceptors (Lipinski definition) is 4. The molecule has 0 saturated carbocycles. The van der Waals surface area contributed by atoms with Crippen molar-refractivity contribution in [3.05, 3.63) is 0 Å². The third-order valence-corrected chi connectivity index (χ3v) is 3.85. The lowest BCUT2D eigenvalue weighted by Crippen LogP contribution is -2.55. The van der Waals surface area contributed by atoms with Crippen LogP contribution in [0.4, 0.5) is 0 Å². The molecule has 4 nitrogen and oxygen atoms in total. The van der Waals surface area contributed by atoms with Gasteiger partial charge in [0.15, 0.2) is 0 Å². The van der Waals surface area contributed by atoms with E-state index in [1.54, 1.807) is 11.8 Å². The highest BCUT2D eigenvalue weighted by Gasteiger charge is 2.33. The van der Waals surface area contributed by atoms with Gasteiger partial charge in [0, 0.05) is 18.2 Å². The number of rotatable bonds is 1. The van der Waals surface area contributed by atoms with Crippen molar-refractivity contribution in [3.8, 4) is 0 Å². The van der Waals surface area contributed by atoms with Crippen molar-refractivity contribution in [2.75, 3.05) is 24.8 Å². The van der Waals surface area contributed by atoms with E-state index in [9.17, 15) is 4.79 Å². The van der Waals surface area contributed by atoms with E-state index in [2.05, 4.69) is 5.32 Å². The fourth-order valence-corrected chi connectivity index (χ4v) is 2.90. The second-order valence-electron chi connectivity index (χ2n) is 4.26. The maximum absolute atomic E-state index is 12.2. The standard InChI is InChI=1S/C10H18N2O2S/c1-7-4-14-8(2)3-12(7)10(13)9-5-15-6-11-9/h7-9,11H,3-6H2,1-2H3. The van der Waals surface area contributed by atoms with E-state index in [1.807, 2.05) is 18.7 Å². The summed E-state index contributed by atoms with van der Waals surface area (Å²) in [4.78, 5) is 14.1. The van der Waals surface area contributed by atoms with Crippen LogP contribution in [0.5, 0.6) is 0 Å². The fraction of sp³-hybridized carbons (Fsp3) is 0.900. The lowest BCUT2D eigenvalue weighted by Gasteiger charge is -2.38. The lowest BCUT2D eigenvalue weighted by molar-refractivity contribution is -0.144. The normalized spacial score (nSPS) is 36.9. The summed E-state index contributed by atoms with van der Waals surface area (Å²) < 4.78 is 5.51. The van der Waals surface area contributed by atoms with E-state index in [4.69, 9.17) is 4.74 Å². The minimum absolute atomic E-state index is 0.0164. The lowest BCUT2D eigenvalue weighted by atomic mass is 10.1. The van der Waals surface area contributed by atoms with Crippen LogP contribution in [0, 0.1) is 0 Å². The van der Waals surface area contributed by atoms with Gasteiger partial charge in [-0.2, -0.15) is 0 Å². The molecule has 0 aliphatic carbocycles. The molecule has 0 aromatic heterocycles. The van der Waals surface area contributed by atoms with Crippen LogP contribution in [0.1, 0.15) is 13.8 Å². The Labute approximate surface area is 94.7 Å². The van der Waals surface area contributed by atoms with Crippen molar-refractivity contribution in [3.63, 3.8) is 0 Å². The first-order chi connectivity index (χ1) is 7.18. The molecule has 2 aliphatic heterocycles. The summed E-state index contributed by atoms with van der Waals surface area (Å²) in [5.41, 5.74) is 0. The Morgan fingerprint density at radius 3 is 3.00 bits per heavy atom. The quantitative estimate of drug-likeness (QED) is 0.703. The molecule has 2 saturated heterocycles. The van der Waals surface area contributed by atoms with Gasteiger partial charge in [-0.25, -0.2) is 0 Å². The van der Waals surface area contributed by atoms with Gasteiger partial charge in [0.1, 0.15) is 0 Å². The van der Waals surface area contributed by atoms with Gasteiger partial charge < -0.3 is 9.64 Å². The Bertz CT molecular complexity index is 244. The molecule has 86 valence electrons. The topological polar surface area (TPSA) is 41.6 Å². The number of carbonyl (C=O) groups is 1. The van der Waals surface area contributed by atoms with E-state index in [0.717, 1.165) is 18.2 Å². The minimum Gasteiger partial charge on any atom is -0.375 e. The summed E-state index contributed by atoms with van der Waals surface area (Å²) >= 11 is 1.79. The molecule has 0 radical (unpaired) electrons. The number of nitrogens with zero attached hydrogens (tertiary/aromatic N) is 1. The number of thioether (sulfide) groups is 1. The van der Waals surface area contributed by atoms with Crippen LogP contribution in [-0.4, -0.2) is 53.8 Å². The van der Waals surface area contributed by atoms with Crippen LogP contribution in [0.2, 0.25) is 0 Å². The fourth-order valence-electron chi connectivity index (χ4n) is 1.96. The second kappa shape index (κ2) is 4.72. The average Bonchev–Trinajstić information content (AvgIpc) is 2.74. The summed E-state index contributed by atoms with van der Waals surface area (Å²) in [5, 5.41) is 3.22. The van der Waals surface area contributed by atoms with Crippen LogP contribution in [0.3, 0.4) is 0 Å². The molecule has 2 rings (SSSR count). The van der Waals surface area contributed by atoms with E-state index in [1.165, 1.54) is 0 Å². The highest BCUT2D eigenvalue weighted by atomic mass is 32.2. The molecule has 3 atom stereocenters. The molecule has 0 spiro atoms. The molecule has 15 heavy (non-hydrogen) atoms. The third-order valence-electron chi connectivity index (χ3n) is 2.91. The molecular formula is C10H18N2O2S. The maximum Gasteiger partial charge on any atom is 0.240 e. The van der Waals surface area contributed by atoms with Gasteiger partial charge in [-0.05, 0) is 13.8 Å². The van der Waals surface area contributed by atoms with E-state index < -0.39 is 0 Å². The van der Waals surface area contributed by atoms with Gasteiger partial charge in [-0.15, -0.1) is 11.8 Å². The first-order valence-corrected chi connectivity index (χ1v) is 6.57. The SMILES string of the molecule is CC1CN(C(=O)C2CSCN2)C(C)CO1. The summed E-state index contributed by atoms with van der Waals surface area (Å²) in [6.45, 7) is 5.45. The Morgan fingerprint density at radius 1 is 1.53 bits per heavy atom. The Hall–Kier alpha value is -0.260. The van der Waals surface area contributed by atoms with E-state index >= 15 is 0 Å². The Kier molecular flexibility index (Phi) is 3.53. The zero-order valence-electron chi connectivity index (χ0n) is 9.23. The first-order valence-electron chi connectivity index (χ1n) is 5.41. The molecule has 2 heterocycles. The van der Waals surface area contributed by atoms with Gasteiger partial charge >= 0.3 is 0 Å². The van der Waals surface area contributed by atoms with Crippen LogP contribution in [0.15, 0.2) is 0 Å². The second-order valence-corrected chi connectivity index (χ2v) is 5.29. The van der Waals surface area contributed by atoms with Crippen molar-refractivity contribution in [2.45, 2.75) is 32.0 Å². The predicted molar refractivity (Wildman–Crippen MR) is 60.8 cm³/mol. The Balaban J connectivity index is 1.97. The Morgan fingerprint density at radius 2 is 2.33 bits per heavy atom. The van der Waals surface area contributed by atoms with Gasteiger partial charge in [-0.1, -0.05) is 0 Å². The molecule has 1 amide bonds. The molecular weight excluding hydrogens is 212 g/mol. The molecule has 1 N–H and O–H groups in total. The highest BCUT2D eigenvalue weighted by Crippen LogP contribution is 2.17. The summed E-state index contributed by atoms with van der Waals surface area (Å²) in [6, 6.07) is 0.226.